The number of hydrogen-bond acceptors (Lipinski definition) is 4. The molecule has 1 aliphatic heterocycles. The number of rotatable bonds is 6. The van der Waals surface area contributed by atoms with E-state index in [1.165, 1.54) is 0 Å². The monoisotopic (exact) mass is 411 g/mol. The summed E-state index contributed by atoms with van der Waals surface area (Å²) in [5.74, 6) is 0.0565. The van der Waals surface area contributed by atoms with Crippen LogP contribution >= 0.6 is 11.8 Å². The standard InChI is InChI=1S/C23H29N3O2S/c1-16-11-17(2)13-20(12-16)24-22(27)15-26-9-7-18(8-10-26)23(28)25-19-5-4-6-21(14-19)29-3/h4-6,11-14,18H,7-10,15H2,1-3H3,(H,24,27)(H,25,28). The van der Waals surface area contributed by atoms with Crippen LogP contribution in [0, 0.1) is 19.8 Å². The smallest absolute Gasteiger partial charge is 0.238 e. The van der Waals surface area contributed by atoms with Crippen molar-refractivity contribution in [3.63, 3.8) is 0 Å². The number of benzene rings is 2. The van der Waals surface area contributed by atoms with Crippen molar-refractivity contribution >= 4 is 35.0 Å². The number of hydrogen-bond donors (Lipinski definition) is 2. The van der Waals surface area contributed by atoms with E-state index in [0.717, 1.165) is 53.3 Å². The number of aryl methyl sites for hydroxylation is 2. The number of carbonyl (C=O) groups excluding carboxylic acids is 2. The van der Waals surface area contributed by atoms with Gasteiger partial charge in [-0.25, -0.2) is 0 Å². The van der Waals surface area contributed by atoms with Gasteiger partial charge in [0, 0.05) is 22.2 Å². The van der Waals surface area contributed by atoms with Crippen LogP contribution in [0.5, 0.6) is 0 Å². The molecule has 0 unspecified atom stereocenters. The number of piperidine rings is 1. The highest BCUT2D eigenvalue weighted by atomic mass is 32.2. The largest absolute Gasteiger partial charge is 0.326 e. The summed E-state index contributed by atoms with van der Waals surface area (Å²) < 4.78 is 0. The molecule has 3 rings (SSSR count). The predicted molar refractivity (Wildman–Crippen MR) is 121 cm³/mol. The molecule has 2 N–H and O–H groups in total. The van der Waals surface area contributed by atoms with Crippen molar-refractivity contribution in [1.82, 2.24) is 4.90 Å². The van der Waals surface area contributed by atoms with Crippen LogP contribution < -0.4 is 10.6 Å². The minimum atomic E-state index is -0.00771. The molecule has 0 atom stereocenters. The molecule has 1 saturated heterocycles. The lowest BCUT2D eigenvalue weighted by molar-refractivity contribution is -0.121. The van der Waals surface area contributed by atoms with Crippen molar-refractivity contribution in [3.05, 3.63) is 53.6 Å². The van der Waals surface area contributed by atoms with Crippen molar-refractivity contribution in [2.45, 2.75) is 31.6 Å². The topological polar surface area (TPSA) is 61.4 Å². The average Bonchev–Trinajstić information content (AvgIpc) is 2.67. The molecule has 154 valence electrons. The Balaban J connectivity index is 1.45. The first-order valence-corrected chi connectivity index (χ1v) is 11.2. The van der Waals surface area contributed by atoms with Gasteiger partial charge in [0.2, 0.25) is 11.8 Å². The summed E-state index contributed by atoms with van der Waals surface area (Å²) >= 11 is 1.66. The summed E-state index contributed by atoms with van der Waals surface area (Å²) in [6.07, 6.45) is 3.56. The normalized spacial score (nSPS) is 15.1. The van der Waals surface area contributed by atoms with Crippen molar-refractivity contribution in [3.8, 4) is 0 Å². The molecule has 1 aliphatic rings. The maximum atomic E-state index is 12.6. The zero-order valence-electron chi connectivity index (χ0n) is 17.3. The number of amides is 2. The zero-order chi connectivity index (χ0) is 20.8. The Morgan fingerprint density at radius 2 is 1.69 bits per heavy atom. The maximum absolute atomic E-state index is 12.6. The third-order valence-corrected chi connectivity index (χ3v) is 5.89. The van der Waals surface area contributed by atoms with Gasteiger partial charge in [0.05, 0.1) is 6.54 Å². The van der Waals surface area contributed by atoms with Crippen LogP contribution in [0.1, 0.15) is 24.0 Å². The third-order valence-electron chi connectivity index (χ3n) is 5.17. The maximum Gasteiger partial charge on any atom is 0.238 e. The van der Waals surface area contributed by atoms with Crippen LogP contribution in [-0.2, 0) is 9.59 Å². The van der Waals surface area contributed by atoms with E-state index in [4.69, 9.17) is 0 Å². The Hall–Kier alpha value is -2.31. The second kappa shape index (κ2) is 9.94. The molecule has 29 heavy (non-hydrogen) atoms. The van der Waals surface area contributed by atoms with Gasteiger partial charge >= 0.3 is 0 Å². The summed E-state index contributed by atoms with van der Waals surface area (Å²) in [5.41, 5.74) is 3.96. The molecule has 6 heteroatoms. The van der Waals surface area contributed by atoms with Crippen LogP contribution in [0.2, 0.25) is 0 Å². The molecule has 2 amide bonds. The van der Waals surface area contributed by atoms with E-state index in [2.05, 4.69) is 21.6 Å². The van der Waals surface area contributed by atoms with Gasteiger partial charge < -0.3 is 10.6 Å². The first kappa shape index (κ1) is 21.4. The number of nitrogens with zero attached hydrogens (tertiary/aromatic N) is 1. The van der Waals surface area contributed by atoms with Gasteiger partial charge in [-0.3, -0.25) is 14.5 Å². The number of thioether (sulfide) groups is 1. The molecule has 2 aromatic carbocycles. The van der Waals surface area contributed by atoms with Crippen LogP contribution in [-0.4, -0.2) is 42.6 Å². The number of nitrogens with one attached hydrogen (secondary N) is 2. The third kappa shape index (κ3) is 6.34. The number of likely N-dealkylation sites (tertiary alicyclic amines) is 1. The Morgan fingerprint density at radius 3 is 2.34 bits per heavy atom. The molecule has 1 heterocycles. The molecule has 0 aliphatic carbocycles. The van der Waals surface area contributed by atoms with Gasteiger partial charge in [0.25, 0.3) is 0 Å². The summed E-state index contributed by atoms with van der Waals surface area (Å²) in [6.45, 7) is 5.91. The molecule has 5 nitrogen and oxygen atoms in total. The van der Waals surface area contributed by atoms with Crippen LogP contribution in [0.3, 0.4) is 0 Å². The first-order chi connectivity index (χ1) is 13.9. The number of carbonyl (C=O) groups is 2. The molecule has 0 aromatic heterocycles. The highest BCUT2D eigenvalue weighted by Gasteiger charge is 2.26. The fourth-order valence-electron chi connectivity index (χ4n) is 3.75. The van der Waals surface area contributed by atoms with Gasteiger partial charge in [-0.1, -0.05) is 12.1 Å². The van der Waals surface area contributed by atoms with Crippen molar-refractivity contribution < 1.29 is 9.59 Å². The molecular formula is C23H29N3O2S. The number of anilines is 2. The van der Waals surface area contributed by atoms with Crippen molar-refractivity contribution in [2.75, 3.05) is 36.5 Å². The van der Waals surface area contributed by atoms with E-state index < -0.39 is 0 Å². The van der Waals surface area contributed by atoms with Gasteiger partial charge in [-0.15, -0.1) is 11.8 Å². The van der Waals surface area contributed by atoms with E-state index in [1.807, 2.05) is 56.5 Å². The van der Waals surface area contributed by atoms with Crippen molar-refractivity contribution in [2.24, 2.45) is 5.92 Å². The zero-order valence-corrected chi connectivity index (χ0v) is 18.1. The van der Waals surface area contributed by atoms with E-state index >= 15 is 0 Å². The second-order valence-corrected chi connectivity index (χ2v) is 8.58. The summed E-state index contributed by atoms with van der Waals surface area (Å²) in [6, 6.07) is 13.9. The molecule has 0 saturated carbocycles. The highest BCUT2D eigenvalue weighted by Crippen LogP contribution is 2.22. The van der Waals surface area contributed by atoms with Crippen molar-refractivity contribution in [1.29, 1.82) is 0 Å². The first-order valence-electron chi connectivity index (χ1n) is 9.98. The van der Waals surface area contributed by atoms with Gasteiger partial charge in [-0.2, -0.15) is 0 Å². The molecule has 0 bridgehead atoms. The lowest BCUT2D eigenvalue weighted by Gasteiger charge is -2.30. The molecule has 2 aromatic rings. The van der Waals surface area contributed by atoms with Gasteiger partial charge in [-0.05, 0) is 87.5 Å². The minimum Gasteiger partial charge on any atom is -0.326 e. The quantitative estimate of drug-likeness (QED) is 0.695. The second-order valence-electron chi connectivity index (χ2n) is 7.70. The Kier molecular flexibility index (Phi) is 7.34. The van der Waals surface area contributed by atoms with E-state index in [9.17, 15) is 9.59 Å². The van der Waals surface area contributed by atoms with Crippen LogP contribution in [0.15, 0.2) is 47.4 Å². The average molecular weight is 412 g/mol. The fourth-order valence-corrected chi connectivity index (χ4v) is 4.21. The van der Waals surface area contributed by atoms with Crippen LogP contribution in [0.25, 0.3) is 0 Å². The predicted octanol–water partition coefficient (Wildman–Crippen LogP) is 4.31. The molecule has 0 spiro atoms. The summed E-state index contributed by atoms with van der Waals surface area (Å²) in [5, 5.41) is 6.02. The van der Waals surface area contributed by atoms with E-state index in [0.29, 0.717) is 6.54 Å². The molecule has 0 radical (unpaired) electrons. The fraction of sp³-hybridized carbons (Fsp3) is 0.391. The Bertz CT molecular complexity index is 856. The Morgan fingerprint density at radius 1 is 1.00 bits per heavy atom. The SMILES string of the molecule is CSc1cccc(NC(=O)C2CCN(CC(=O)Nc3cc(C)cc(C)c3)CC2)c1. The van der Waals surface area contributed by atoms with E-state index in [-0.39, 0.29) is 17.7 Å². The summed E-state index contributed by atoms with van der Waals surface area (Å²) in [7, 11) is 0. The van der Waals surface area contributed by atoms with Gasteiger partial charge in [0.1, 0.15) is 0 Å². The summed E-state index contributed by atoms with van der Waals surface area (Å²) in [4.78, 5) is 28.2. The molecule has 1 fully saturated rings. The molecular weight excluding hydrogens is 382 g/mol. The van der Waals surface area contributed by atoms with Gasteiger partial charge in [0.15, 0.2) is 0 Å². The highest BCUT2D eigenvalue weighted by molar-refractivity contribution is 7.98. The lowest BCUT2D eigenvalue weighted by Crippen LogP contribution is -2.41. The van der Waals surface area contributed by atoms with E-state index in [1.54, 1.807) is 11.8 Å². The lowest BCUT2D eigenvalue weighted by atomic mass is 9.96. The Labute approximate surface area is 177 Å². The minimum absolute atomic E-state index is 0.00761. The van der Waals surface area contributed by atoms with Crippen LogP contribution in [0.4, 0.5) is 11.4 Å².